The number of ether oxygens (including phenoxy) is 2. The standard InChI is InChI=1S/C12H20N2O5/c15-11(16)10-3-2-9(19-10)8-13-12(17)14-4-1-6-18-7-5-14/h9-10H,1-8H2,(H,13,17)(H,15,16). The van der Waals surface area contributed by atoms with Crippen LogP contribution in [-0.4, -0.2) is 67.1 Å². The molecule has 7 nitrogen and oxygen atoms in total. The van der Waals surface area contributed by atoms with Crippen molar-refractivity contribution in [3.63, 3.8) is 0 Å². The third-order valence-electron chi connectivity index (χ3n) is 3.37. The first-order valence-electron chi connectivity index (χ1n) is 6.65. The van der Waals surface area contributed by atoms with E-state index in [-0.39, 0.29) is 12.1 Å². The molecule has 0 aromatic rings. The number of carbonyl (C=O) groups is 2. The molecule has 0 bridgehead atoms. The predicted octanol–water partition coefficient (Wildman–Crippen LogP) is 0.0505. The Hall–Kier alpha value is -1.34. The van der Waals surface area contributed by atoms with Gasteiger partial charge in [-0.1, -0.05) is 0 Å². The number of nitrogens with one attached hydrogen (secondary N) is 1. The SMILES string of the molecule is O=C(O)C1CCC(CNC(=O)N2CCCOCC2)O1. The third kappa shape index (κ3) is 4.07. The topological polar surface area (TPSA) is 88.1 Å². The highest BCUT2D eigenvalue weighted by molar-refractivity contribution is 5.74. The summed E-state index contributed by atoms with van der Waals surface area (Å²) in [6, 6.07) is -0.132. The first-order valence-corrected chi connectivity index (χ1v) is 6.65. The Kier molecular flexibility index (Phi) is 4.98. The van der Waals surface area contributed by atoms with Crippen LogP contribution in [0, 0.1) is 0 Å². The maximum atomic E-state index is 11.9. The van der Waals surface area contributed by atoms with Crippen LogP contribution < -0.4 is 5.32 Å². The predicted molar refractivity (Wildman–Crippen MR) is 65.9 cm³/mol. The first-order chi connectivity index (χ1) is 9.16. The Morgan fingerprint density at radius 1 is 1.26 bits per heavy atom. The van der Waals surface area contributed by atoms with E-state index in [1.807, 2.05) is 0 Å². The first kappa shape index (κ1) is 14.1. The molecule has 0 aromatic heterocycles. The number of carbonyl (C=O) groups excluding carboxylic acids is 1. The van der Waals surface area contributed by atoms with Crippen LogP contribution >= 0.6 is 0 Å². The van der Waals surface area contributed by atoms with Crippen molar-refractivity contribution in [2.75, 3.05) is 32.8 Å². The van der Waals surface area contributed by atoms with E-state index >= 15 is 0 Å². The molecule has 2 rings (SSSR count). The molecule has 2 aliphatic heterocycles. The van der Waals surface area contributed by atoms with Crippen molar-refractivity contribution in [3.8, 4) is 0 Å². The van der Waals surface area contributed by atoms with Gasteiger partial charge < -0.3 is 24.8 Å². The van der Waals surface area contributed by atoms with Gasteiger partial charge in [-0.25, -0.2) is 9.59 Å². The van der Waals surface area contributed by atoms with E-state index in [0.717, 1.165) is 6.42 Å². The number of carboxylic acids is 1. The van der Waals surface area contributed by atoms with Crippen LogP contribution in [-0.2, 0) is 14.3 Å². The maximum Gasteiger partial charge on any atom is 0.332 e. The van der Waals surface area contributed by atoms with E-state index in [9.17, 15) is 9.59 Å². The molecule has 0 aromatic carbocycles. The number of hydrogen-bond donors (Lipinski definition) is 2. The Morgan fingerprint density at radius 3 is 2.84 bits per heavy atom. The van der Waals surface area contributed by atoms with Crippen LogP contribution in [0.5, 0.6) is 0 Å². The van der Waals surface area contributed by atoms with Crippen molar-refractivity contribution in [1.29, 1.82) is 0 Å². The number of rotatable bonds is 3. The lowest BCUT2D eigenvalue weighted by Gasteiger charge is -2.21. The zero-order chi connectivity index (χ0) is 13.7. The van der Waals surface area contributed by atoms with Gasteiger partial charge in [0, 0.05) is 26.2 Å². The number of aliphatic carboxylic acids is 1. The lowest BCUT2D eigenvalue weighted by molar-refractivity contribution is -0.149. The zero-order valence-corrected chi connectivity index (χ0v) is 10.8. The average Bonchev–Trinajstić information content (AvgIpc) is 2.70. The Balaban J connectivity index is 1.70. The van der Waals surface area contributed by atoms with Gasteiger partial charge in [-0.2, -0.15) is 0 Å². The molecule has 7 heteroatoms. The highest BCUT2D eigenvalue weighted by Crippen LogP contribution is 2.19. The Bertz CT molecular complexity index is 328. The van der Waals surface area contributed by atoms with Crippen LogP contribution in [0.25, 0.3) is 0 Å². The summed E-state index contributed by atoms with van der Waals surface area (Å²) in [5.74, 6) is -0.932. The van der Waals surface area contributed by atoms with Crippen LogP contribution in [0.3, 0.4) is 0 Å². The van der Waals surface area contributed by atoms with Gasteiger partial charge in [0.15, 0.2) is 6.10 Å². The fourth-order valence-corrected chi connectivity index (χ4v) is 2.30. The van der Waals surface area contributed by atoms with Gasteiger partial charge in [0.05, 0.1) is 12.7 Å². The molecule has 2 heterocycles. The minimum absolute atomic E-state index is 0.132. The Labute approximate surface area is 111 Å². The molecule has 2 N–H and O–H groups in total. The summed E-state index contributed by atoms with van der Waals surface area (Å²) in [5.41, 5.74) is 0. The molecule has 2 fully saturated rings. The lowest BCUT2D eigenvalue weighted by Crippen LogP contribution is -2.44. The van der Waals surface area contributed by atoms with E-state index in [1.165, 1.54) is 0 Å². The van der Waals surface area contributed by atoms with Gasteiger partial charge in [-0.3, -0.25) is 0 Å². The van der Waals surface area contributed by atoms with E-state index in [0.29, 0.717) is 45.7 Å². The van der Waals surface area contributed by atoms with E-state index in [1.54, 1.807) is 4.90 Å². The minimum atomic E-state index is -0.932. The normalized spacial score (nSPS) is 27.9. The zero-order valence-electron chi connectivity index (χ0n) is 10.8. The minimum Gasteiger partial charge on any atom is -0.479 e. The molecular weight excluding hydrogens is 252 g/mol. The fraction of sp³-hybridized carbons (Fsp3) is 0.833. The third-order valence-corrected chi connectivity index (χ3v) is 3.37. The second-order valence-corrected chi connectivity index (χ2v) is 4.80. The molecule has 0 radical (unpaired) electrons. The van der Waals surface area contributed by atoms with Crippen molar-refractivity contribution in [1.82, 2.24) is 10.2 Å². The van der Waals surface area contributed by atoms with Gasteiger partial charge in [0.1, 0.15) is 0 Å². The van der Waals surface area contributed by atoms with Crippen molar-refractivity contribution in [2.24, 2.45) is 0 Å². The monoisotopic (exact) mass is 272 g/mol. The molecule has 2 atom stereocenters. The van der Waals surface area contributed by atoms with E-state index in [2.05, 4.69) is 5.32 Å². The molecule has 2 saturated heterocycles. The average molecular weight is 272 g/mol. The number of hydrogen-bond acceptors (Lipinski definition) is 4. The number of urea groups is 1. The molecule has 0 aliphatic carbocycles. The van der Waals surface area contributed by atoms with Crippen LogP contribution in [0.15, 0.2) is 0 Å². The Morgan fingerprint density at radius 2 is 2.11 bits per heavy atom. The molecule has 108 valence electrons. The molecule has 2 unspecified atom stereocenters. The van der Waals surface area contributed by atoms with Crippen LogP contribution in [0.2, 0.25) is 0 Å². The van der Waals surface area contributed by atoms with E-state index < -0.39 is 12.1 Å². The molecule has 0 spiro atoms. The lowest BCUT2D eigenvalue weighted by atomic mass is 10.2. The summed E-state index contributed by atoms with van der Waals surface area (Å²) >= 11 is 0. The highest BCUT2D eigenvalue weighted by atomic mass is 16.5. The summed E-state index contributed by atoms with van der Waals surface area (Å²) < 4.78 is 10.6. The summed E-state index contributed by atoms with van der Waals surface area (Å²) in [6.07, 6.45) is 1.09. The largest absolute Gasteiger partial charge is 0.479 e. The summed E-state index contributed by atoms with van der Waals surface area (Å²) in [7, 11) is 0. The van der Waals surface area contributed by atoms with Crippen LogP contribution in [0.1, 0.15) is 19.3 Å². The van der Waals surface area contributed by atoms with Crippen molar-refractivity contribution >= 4 is 12.0 Å². The van der Waals surface area contributed by atoms with Gasteiger partial charge in [0.2, 0.25) is 0 Å². The van der Waals surface area contributed by atoms with Gasteiger partial charge >= 0.3 is 12.0 Å². The smallest absolute Gasteiger partial charge is 0.332 e. The van der Waals surface area contributed by atoms with Gasteiger partial charge in [-0.05, 0) is 19.3 Å². The molecule has 2 aliphatic rings. The number of amides is 2. The quantitative estimate of drug-likeness (QED) is 0.758. The molecule has 2 amide bonds. The molecular formula is C12H20N2O5. The van der Waals surface area contributed by atoms with Gasteiger partial charge in [0.25, 0.3) is 0 Å². The molecule has 19 heavy (non-hydrogen) atoms. The summed E-state index contributed by atoms with van der Waals surface area (Å²) in [6.45, 7) is 2.90. The fourth-order valence-electron chi connectivity index (χ4n) is 2.30. The maximum absolute atomic E-state index is 11.9. The second-order valence-electron chi connectivity index (χ2n) is 4.80. The number of nitrogens with zero attached hydrogens (tertiary/aromatic N) is 1. The van der Waals surface area contributed by atoms with Crippen molar-refractivity contribution in [3.05, 3.63) is 0 Å². The van der Waals surface area contributed by atoms with Gasteiger partial charge in [-0.15, -0.1) is 0 Å². The summed E-state index contributed by atoms with van der Waals surface area (Å²) in [4.78, 5) is 24.4. The summed E-state index contributed by atoms with van der Waals surface area (Å²) in [5, 5.41) is 11.6. The molecule has 0 saturated carbocycles. The second kappa shape index (κ2) is 6.72. The van der Waals surface area contributed by atoms with Crippen molar-refractivity contribution < 1.29 is 24.2 Å². The van der Waals surface area contributed by atoms with Crippen molar-refractivity contribution in [2.45, 2.75) is 31.5 Å². The van der Waals surface area contributed by atoms with Crippen LogP contribution in [0.4, 0.5) is 4.79 Å². The van der Waals surface area contributed by atoms with E-state index in [4.69, 9.17) is 14.6 Å². The number of carboxylic acid groups (broad SMARTS) is 1. The highest BCUT2D eigenvalue weighted by Gasteiger charge is 2.30.